The summed E-state index contributed by atoms with van der Waals surface area (Å²) < 4.78 is 5.17. The Hall–Kier alpha value is -0.900. The van der Waals surface area contributed by atoms with Crippen LogP contribution in [0.15, 0.2) is 4.52 Å². The fourth-order valence-electron chi connectivity index (χ4n) is 1.17. The molecule has 1 heterocycles. The Kier molecular flexibility index (Phi) is 4.27. The zero-order valence-electron chi connectivity index (χ0n) is 10.0. The lowest BCUT2D eigenvalue weighted by Crippen LogP contribution is -2.28. The molecule has 0 bridgehead atoms. The van der Waals surface area contributed by atoms with Gasteiger partial charge in [-0.2, -0.15) is 4.98 Å². The van der Waals surface area contributed by atoms with E-state index in [0.717, 1.165) is 12.2 Å². The molecule has 0 saturated heterocycles. The Labute approximate surface area is 91.2 Å². The molecule has 0 aliphatic heterocycles. The summed E-state index contributed by atoms with van der Waals surface area (Å²) in [6.07, 6.45) is 1.69. The molecule has 4 nitrogen and oxygen atoms in total. The first-order chi connectivity index (χ1) is 7.04. The molecule has 0 aliphatic carbocycles. The maximum atomic E-state index is 5.94. The summed E-state index contributed by atoms with van der Waals surface area (Å²) in [5, 5.41) is 3.96. The molecule has 1 aromatic rings. The van der Waals surface area contributed by atoms with E-state index in [1.807, 2.05) is 0 Å². The van der Waals surface area contributed by atoms with Gasteiger partial charge in [-0.25, -0.2) is 0 Å². The van der Waals surface area contributed by atoms with Gasteiger partial charge in [0.2, 0.25) is 5.89 Å². The highest BCUT2D eigenvalue weighted by Crippen LogP contribution is 2.15. The average molecular weight is 211 g/mol. The van der Waals surface area contributed by atoms with Crippen LogP contribution in [0.4, 0.5) is 0 Å². The molecule has 0 spiro atoms. The maximum Gasteiger partial charge on any atom is 0.228 e. The highest BCUT2D eigenvalue weighted by Gasteiger charge is 2.16. The van der Waals surface area contributed by atoms with Crippen molar-refractivity contribution < 1.29 is 4.52 Å². The van der Waals surface area contributed by atoms with Gasteiger partial charge in [-0.05, 0) is 12.3 Å². The van der Waals surface area contributed by atoms with Crippen molar-refractivity contribution in [2.24, 2.45) is 11.7 Å². The second-order valence-corrected chi connectivity index (χ2v) is 4.47. The third kappa shape index (κ3) is 3.30. The number of nitrogens with zero attached hydrogens (tertiary/aromatic N) is 2. The van der Waals surface area contributed by atoms with Gasteiger partial charge in [0.25, 0.3) is 0 Å². The van der Waals surface area contributed by atoms with Gasteiger partial charge in [0, 0.05) is 18.4 Å². The van der Waals surface area contributed by atoms with Gasteiger partial charge in [-0.15, -0.1) is 0 Å². The minimum atomic E-state index is 0.0928. The van der Waals surface area contributed by atoms with Crippen molar-refractivity contribution >= 4 is 0 Å². The molecule has 1 rings (SSSR count). The van der Waals surface area contributed by atoms with Crippen LogP contribution in [0.1, 0.15) is 51.7 Å². The molecule has 2 atom stereocenters. The molecule has 2 unspecified atom stereocenters. The monoisotopic (exact) mass is 211 g/mol. The van der Waals surface area contributed by atoms with E-state index in [-0.39, 0.29) is 6.04 Å². The van der Waals surface area contributed by atoms with E-state index in [1.165, 1.54) is 0 Å². The third-order valence-corrected chi connectivity index (χ3v) is 2.80. The minimum absolute atomic E-state index is 0.0928. The van der Waals surface area contributed by atoms with E-state index < -0.39 is 0 Å². The quantitative estimate of drug-likeness (QED) is 0.810. The number of hydrogen-bond donors (Lipinski definition) is 1. The Morgan fingerprint density at radius 3 is 2.53 bits per heavy atom. The van der Waals surface area contributed by atoms with Crippen LogP contribution < -0.4 is 5.73 Å². The summed E-state index contributed by atoms with van der Waals surface area (Å²) in [5.41, 5.74) is 5.94. The smallest absolute Gasteiger partial charge is 0.228 e. The Balaban J connectivity index is 2.60. The normalized spacial score (nSPS) is 15.6. The number of nitrogens with two attached hydrogens (primary N) is 1. The van der Waals surface area contributed by atoms with E-state index >= 15 is 0 Å². The average Bonchev–Trinajstić information content (AvgIpc) is 2.65. The predicted molar refractivity (Wildman–Crippen MR) is 59.5 cm³/mol. The van der Waals surface area contributed by atoms with Gasteiger partial charge < -0.3 is 10.3 Å². The van der Waals surface area contributed by atoms with E-state index in [4.69, 9.17) is 10.3 Å². The molecule has 86 valence electrons. The molecule has 0 aromatic carbocycles. The summed E-state index contributed by atoms with van der Waals surface area (Å²) in [5.74, 6) is 2.25. The second-order valence-electron chi connectivity index (χ2n) is 4.47. The van der Waals surface area contributed by atoms with Crippen molar-refractivity contribution in [1.29, 1.82) is 0 Å². The van der Waals surface area contributed by atoms with E-state index in [0.29, 0.717) is 24.1 Å². The number of rotatable bonds is 5. The van der Waals surface area contributed by atoms with Gasteiger partial charge in [0.15, 0.2) is 5.82 Å². The molecule has 0 saturated carbocycles. The SMILES string of the molecule is CCC(C)c1noc(CC(N)C(C)C)n1. The van der Waals surface area contributed by atoms with Crippen LogP contribution in [0, 0.1) is 5.92 Å². The molecular formula is C11H21N3O. The lowest BCUT2D eigenvalue weighted by Gasteiger charge is -2.11. The van der Waals surface area contributed by atoms with Gasteiger partial charge >= 0.3 is 0 Å². The highest BCUT2D eigenvalue weighted by atomic mass is 16.5. The molecule has 0 fully saturated rings. The van der Waals surface area contributed by atoms with Crippen LogP contribution >= 0.6 is 0 Å². The van der Waals surface area contributed by atoms with Gasteiger partial charge in [-0.3, -0.25) is 0 Å². The van der Waals surface area contributed by atoms with Crippen LogP contribution in [-0.4, -0.2) is 16.2 Å². The fraction of sp³-hybridized carbons (Fsp3) is 0.818. The van der Waals surface area contributed by atoms with Crippen LogP contribution in [0.25, 0.3) is 0 Å². The molecule has 15 heavy (non-hydrogen) atoms. The lowest BCUT2D eigenvalue weighted by molar-refractivity contribution is 0.347. The first kappa shape index (κ1) is 12.2. The van der Waals surface area contributed by atoms with Gasteiger partial charge in [-0.1, -0.05) is 32.9 Å². The molecule has 0 amide bonds. The molecule has 1 aromatic heterocycles. The van der Waals surface area contributed by atoms with Crippen molar-refractivity contribution in [2.45, 2.75) is 52.5 Å². The molecule has 4 heteroatoms. The Morgan fingerprint density at radius 1 is 1.33 bits per heavy atom. The zero-order valence-corrected chi connectivity index (χ0v) is 10.0. The van der Waals surface area contributed by atoms with Crippen molar-refractivity contribution in [1.82, 2.24) is 10.1 Å². The minimum Gasteiger partial charge on any atom is -0.339 e. The summed E-state index contributed by atoms with van der Waals surface area (Å²) in [7, 11) is 0. The summed E-state index contributed by atoms with van der Waals surface area (Å²) in [4.78, 5) is 4.35. The number of hydrogen-bond acceptors (Lipinski definition) is 4. The third-order valence-electron chi connectivity index (χ3n) is 2.80. The lowest BCUT2D eigenvalue weighted by atomic mass is 10.0. The first-order valence-corrected chi connectivity index (χ1v) is 5.62. The van der Waals surface area contributed by atoms with Gasteiger partial charge in [0.1, 0.15) is 0 Å². The van der Waals surface area contributed by atoms with Crippen molar-refractivity contribution in [3.8, 4) is 0 Å². The Morgan fingerprint density at radius 2 is 2.00 bits per heavy atom. The van der Waals surface area contributed by atoms with E-state index in [9.17, 15) is 0 Å². The van der Waals surface area contributed by atoms with Crippen LogP contribution in [0.3, 0.4) is 0 Å². The molecule has 0 aliphatic rings. The molecule has 0 radical (unpaired) electrons. The number of aromatic nitrogens is 2. The Bertz CT molecular complexity index is 296. The van der Waals surface area contributed by atoms with Crippen LogP contribution in [-0.2, 0) is 6.42 Å². The summed E-state index contributed by atoms with van der Waals surface area (Å²) in [6.45, 7) is 8.39. The fourth-order valence-corrected chi connectivity index (χ4v) is 1.17. The largest absolute Gasteiger partial charge is 0.339 e. The zero-order chi connectivity index (χ0) is 11.4. The maximum absolute atomic E-state index is 5.94. The predicted octanol–water partition coefficient (Wildman–Crippen LogP) is 2.11. The van der Waals surface area contributed by atoms with Crippen LogP contribution in [0.2, 0.25) is 0 Å². The topological polar surface area (TPSA) is 64.9 Å². The highest BCUT2D eigenvalue weighted by molar-refractivity contribution is 4.94. The van der Waals surface area contributed by atoms with E-state index in [2.05, 4.69) is 37.8 Å². The van der Waals surface area contributed by atoms with E-state index in [1.54, 1.807) is 0 Å². The summed E-state index contributed by atoms with van der Waals surface area (Å²) >= 11 is 0. The molecule has 2 N–H and O–H groups in total. The van der Waals surface area contributed by atoms with Crippen molar-refractivity contribution in [3.05, 3.63) is 11.7 Å². The molecular weight excluding hydrogens is 190 g/mol. The summed E-state index contributed by atoms with van der Waals surface area (Å²) in [6, 6.07) is 0.0928. The van der Waals surface area contributed by atoms with Crippen molar-refractivity contribution in [3.63, 3.8) is 0 Å². The van der Waals surface area contributed by atoms with Crippen LogP contribution in [0.5, 0.6) is 0 Å². The second kappa shape index (κ2) is 5.26. The standard InChI is InChI=1S/C11H21N3O/c1-5-8(4)11-13-10(15-14-11)6-9(12)7(2)3/h7-9H,5-6,12H2,1-4H3. The van der Waals surface area contributed by atoms with Gasteiger partial charge in [0.05, 0.1) is 0 Å². The van der Waals surface area contributed by atoms with Crippen molar-refractivity contribution in [2.75, 3.05) is 0 Å². The first-order valence-electron chi connectivity index (χ1n) is 5.62.